The number of hydrogen-bond donors (Lipinski definition) is 2. The molecule has 0 aliphatic carbocycles. The number of carboxylic acid groups (broad SMARTS) is 1. The van der Waals surface area contributed by atoms with Crippen LogP contribution in [-0.2, 0) is 4.79 Å². The summed E-state index contributed by atoms with van der Waals surface area (Å²) >= 11 is 1.67. The molecule has 6 heteroatoms. The normalized spacial score (nSPS) is 22.4. The third-order valence-electron chi connectivity index (χ3n) is 4.23. The largest absolute Gasteiger partial charge is 0.481 e. The molecule has 1 unspecified atom stereocenters. The maximum absolute atomic E-state index is 12.3. The number of aliphatic carboxylic acids is 1. The topological polar surface area (TPSA) is 69.6 Å². The van der Waals surface area contributed by atoms with Crippen molar-refractivity contribution in [3.05, 3.63) is 29.8 Å². The Balaban J connectivity index is 1.95. The molecule has 0 aromatic heterocycles. The van der Waals surface area contributed by atoms with Crippen LogP contribution in [0.3, 0.4) is 0 Å². The zero-order valence-electron chi connectivity index (χ0n) is 13.1. The minimum Gasteiger partial charge on any atom is -0.481 e. The summed E-state index contributed by atoms with van der Waals surface area (Å²) in [6, 6.07) is 7.75. The number of amides is 2. The van der Waals surface area contributed by atoms with Crippen molar-refractivity contribution in [2.45, 2.75) is 31.2 Å². The summed E-state index contributed by atoms with van der Waals surface area (Å²) in [4.78, 5) is 26.3. The van der Waals surface area contributed by atoms with Crippen LogP contribution in [0.15, 0.2) is 29.2 Å². The molecule has 0 saturated carbocycles. The molecule has 0 spiro atoms. The molecule has 2 rings (SSSR count). The number of rotatable bonds is 4. The number of nitrogens with zero attached hydrogens (tertiary/aromatic N) is 1. The van der Waals surface area contributed by atoms with Crippen molar-refractivity contribution in [3.63, 3.8) is 0 Å². The Hall–Kier alpha value is -1.69. The summed E-state index contributed by atoms with van der Waals surface area (Å²) in [6.45, 7) is 4.35. The highest BCUT2D eigenvalue weighted by Gasteiger charge is 2.42. The highest BCUT2D eigenvalue weighted by atomic mass is 32.2. The zero-order chi connectivity index (χ0) is 16.3. The van der Waals surface area contributed by atoms with Crippen molar-refractivity contribution in [3.8, 4) is 0 Å². The van der Waals surface area contributed by atoms with Crippen LogP contribution in [0.5, 0.6) is 0 Å². The molecule has 1 heterocycles. The standard InChI is InChI=1S/C16H22N2O3S/c1-11(12-4-6-13(22-3)7-5-12)17-15(21)18-9-8-16(2,10-18)14(19)20/h4-7,11H,8-10H2,1-3H3,(H,17,21)(H,19,20)/t11-,16?/m0/s1. The van der Waals surface area contributed by atoms with Crippen molar-refractivity contribution in [1.29, 1.82) is 0 Å². The molecule has 0 radical (unpaired) electrons. The molecule has 22 heavy (non-hydrogen) atoms. The fourth-order valence-corrected chi connectivity index (χ4v) is 2.97. The van der Waals surface area contributed by atoms with Gasteiger partial charge in [-0.3, -0.25) is 4.79 Å². The van der Waals surface area contributed by atoms with E-state index in [0.29, 0.717) is 13.0 Å². The Labute approximate surface area is 135 Å². The van der Waals surface area contributed by atoms with Gasteiger partial charge in [-0.2, -0.15) is 0 Å². The first kappa shape index (κ1) is 16.7. The average Bonchev–Trinajstić information content (AvgIpc) is 2.91. The minimum absolute atomic E-state index is 0.111. The number of likely N-dealkylation sites (tertiary alicyclic amines) is 1. The van der Waals surface area contributed by atoms with Gasteiger partial charge in [0, 0.05) is 18.0 Å². The predicted molar refractivity (Wildman–Crippen MR) is 87.1 cm³/mol. The first-order chi connectivity index (χ1) is 10.4. The molecule has 2 amide bonds. The Morgan fingerprint density at radius 2 is 2.00 bits per heavy atom. The van der Waals surface area contributed by atoms with E-state index in [1.165, 1.54) is 4.90 Å². The maximum Gasteiger partial charge on any atom is 0.317 e. The van der Waals surface area contributed by atoms with Gasteiger partial charge in [0.1, 0.15) is 0 Å². The number of thioether (sulfide) groups is 1. The summed E-state index contributed by atoms with van der Waals surface area (Å²) in [7, 11) is 0. The summed E-state index contributed by atoms with van der Waals surface area (Å²) < 4.78 is 0. The molecule has 5 nitrogen and oxygen atoms in total. The Morgan fingerprint density at radius 3 is 2.50 bits per heavy atom. The second-order valence-corrected chi connectivity index (χ2v) is 6.86. The summed E-state index contributed by atoms with van der Waals surface area (Å²) in [5.41, 5.74) is 0.201. The molecule has 1 aromatic carbocycles. The van der Waals surface area contributed by atoms with Gasteiger partial charge >= 0.3 is 12.0 Å². The molecule has 1 fully saturated rings. The van der Waals surface area contributed by atoms with Crippen molar-refractivity contribution in [1.82, 2.24) is 10.2 Å². The number of hydrogen-bond acceptors (Lipinski definition) is 3. The molecule has 1 aromatic rings. The first-order valence-electron chi connectivity index (χ1n) is 7.28. The number of carboxylic acids is 1. The van der Waals surface area contributed by atoms with Gasteiger partial charge in [-0.25, -0.2) is 4.79 Å². The van der Waals surface area contributed by atoms with Gasteiger partial charge in [0.25, 0.3) is 0 Å². The van der Waals surface area contributed by atoms with Gasteiger partial charge in [0.2, 0.25) is 0 Å². The molecule has 2 atom stereocenters. The molecule has 120 valence electrons. The van der Waals surface area contributed by atoms with Crippen LogP contribution in [0.1, 0.15) is 31.9 Å². The van der Waals surface area contributed by atoms with Crippen LogP contribution in [0, 0.1) is 5.41 Å². The van der Waals surface area contributed by atoms with E-state index in [4.69, 9.17) is 0 Å². The van der Waals surface area contributed by atoms with Crippen LogP contribution < -0.4 is 5.32 Å². The van der Waals surface area contributed by atoms with Gasteiger partial charge in [-0.05, 0) is 44.2 Å². The maximum atomic E-state index is 12.3. The van der Waals surface area contributed by atoms with Crippen molar-refractivity contribution in [2.24, 2.45) is 5.41 Å². The van der Waals surface area contributed by atoms with E-state index in [9.17, 15) is 14.7 Å². The van der Waals surface area contributed by atoms with Gasteiger partial charge in [0.05, 0.1) is 11.5 Å². The van der Waals surface area contributed by atoms with E-state index in [1.807, 2.05) is 37.4 Å². The Bertz CT molecular complexity index is 561. The third-order valence-corrected chi connectivity index (χ3v) is 4.98. The number of benzene rings is 1. The summed E-state index contributed by atoms with van der Waals surface area (Å²) in [6.07, 6.45) is 2.51. The fraction of sp³-hybridized carbons (Fsp3) is 0.500. The number of urea groups is 1. The fourth-order valence-electron chi connectivity index (χ4n) is 2.56. The van der Waals surface area contributed by atoms with Crippen molar-refractivity contribution < 1.29 is 14.7 Å². The molecule has 0 bridgehead atoms. The quantitative estimate of drug-likeness (QED) is 0.836. The van der Waals surface area contributed by atoms with Gasteiger partial charge in [0.15, 0.2) is 0 Å². The molecular weight excluding hydrogens is 300 g/mol. The van der Waals surface area contributed by atoms with E-state index >= 15 is 0 Å². The lowest BCUT2D eigenvalue weighted by atomic mass is 9.90. The lowest BCUT2D eigenvalue weighted by molar-refractivity contribution is -0.146. The Kier molecular flexibility index (Phi) is 5.01. The van der Waals surface area contributed by atoms with Crippen molar-refractivity contribution >= 4 is 23.8 Å². The van der Waals surface area contributed by atoms with E-state index in [-0.39, 0.29) is 18.6 Å². The van der Waals surface area contributed by atoms with Crippen LogP contribution >= 0.6 is 11.8 Å². The Morgan fingerprint density at radius 1 is 1.36 bits per heavy atom. The van der Waals surface area contributed by atoms with Crippen molar-refractivity contribution in [2.75, 3.05) is 19.3 Å². The molecule has 1 saturated heterocycles. The molecule has 1 aliphatic heterocycles. The van der Waals surface area contributed by atoms with E-state index in [0.717, 1.165) is 5.56 Å². The number of nitrogens with one attached hydrogen (secondary N) is 1. The van der Waals surface area contributed by atoms with Crippen LogP contribution in [-0.4, -0.2) is 41.4 Å². The second-order valence-electron chi connectivity index (χ2n) is 5.98. The monoisotopic (exact) mass is 322 g/mol. The second kappa shape index (κ2) is 6.60. The first-order valence-corrected chi connectivity index (χ1v) is 8.51. The smallest absolute Gasteiger partial charge is 0.317 e. The van der Waals surface area contributed by atoms with Gasteiger partial charge in [-0.1, -0.05) is 12.1 Å². The van der Waals surface area contributed by atoms with Crippen LogP contribution in [0.4, 0.5) is 4.79 Å². The molecular formula is C16H22N2O3S. The third kappa shape index (κ3) is 3.55. The molecule has 2 N–H and O–H groups in total. The van der Waals surface area contributed by atoms with Crippen LogP contribution in [0.2, 0.25) is 0 Å². The predicted octanol–water partition coefficient (Wildman–Crippen LogP) is 2.98. The van der Waals surface area contributed by atoms with Crippen LogP contribution in [0.25, 0.3) is 0 Å². The highest BCUT2D eigenvalue weighted by Crippen LogP contribution is 2.30. The SMILES string of the molecule is CSc1ccc([C@H](C)NC(=O)N2CCC(C)(C(=O)O)C2)cc1. The zero-order valence-corrected chi connectivity index (χ0v) is 13.9. The summed E-state index contributed by atoms with van der Waals surface area (Å²) in [5, 5.41) is 12.2. The minimum atomic E-state index is -0.844. The van der Waals surface area contributed by atoms with Gasteiger partial charge in [-0.15, -0.1) is 11.8 Å². The van der Waals surface area contributed by atoms with E-state index in [2.05, 4.69) is 5.32 Å². The van der Waals surface area contributed by atoms with Gasteiger partial charge < -0.3 is 15.3 Å². The number of carbonyl (C=O) groups is 2. The lowest BCUT2D eigenvalue weighted by Gasteiger charge is -2.23. The highest BCUT2D eigenvalue weighted by molar-refractivity contribution is 7.98. The van der Waals surface area contributed by atoms with E-state index < -0.39 is 11.4 Å². The molecule has 1 aliphatic rings. The average molecular weight is 322 g/mol. The number of carbonyl (C=O) groups excluding carboxylic acids is 1. The van der Waals surface area contributed by atoms with E-state index in [1.54, 1.807) is 23.6 Å². The summed E-state index contributed by atoms with van der Waals surface area (Å²) in [5.74, 6) is -0.844. The lowest BCUT2D eigenvalue weighted by Crippen LogP contribution is -2.41.